The van der Waals surface area contributed by atoms with Crippen molar-refractivity contribution in [3.63, 3.8) is 0 Å². The number of benzene rings is 1. The van der Waals surface area contributed by atoms with Gasteiger partial charge in [-0.25, -0.2) is 0 Å². The van der Waals surface area contributed by atoms with E-state index in [-0.39, 0.29) is 11.8 Å². The highest BCUT2D eigenvalue weighted by Gasteiger charge is 2.23. The quantitative estimate of drug-likeness (QED) is 0.900. The molecule has 0 aliphatic carbocycles. The van der Waals surface area contributed by atoms with Crippen LogP contribution >= 0.6 is 0 Å². The molecule has 2 heterocycles. The number of hydrogen-bond acceptors (Lipinski definition) is 3. The summed E-state index contributed by atoms with van der Waals surface area (Å²) in [5.74, 6) is 0.245. The van der Waals surface area contributed by atoms with Crippen LogP contribution in [0.2, 0.25) is 0 Å². The first kappa shape index (κ1) is 18.1. The third kappa shape index (κ3) is 4.28. The molecule has 26 heavy (non-hydrogen) atoms. The monoisotopic (exact) mass is 351 g/mol. The van der Waals surface area contributed by atoms with Crippen LogP contribution in [0.15, 0.2) is 42.6 Å². The van der Waals surface area contributed by atoms with E-state index in [1.54, 1.807) is 17.0 Å². The maximum absolute atomic E-state index is 12.8. The first-order valence-corrected chi connectivity index (χ1v) is 9.15. The molecule has 2 amide bonds. The van der Waals surface area contributed by atoms with Crippen LogP contribution in [0.25, 0.3) is 0 Å². The maximum Gasteiger partial charge on any atom is 0.272 e. The molecule has 5 heteroatoms. The number of amides is 2. The fourth-order valence-electron chi connectivity index (χ4n) is 3.10. The lowest BCUT2D eigenvalue weighted by Gasteiger charge is -2.28. The highest BCUT2D eigenvalue weighted by molar-refractivity contribution is 5.98. The first-order chi connectivity index (χ1) is 12.5. The van der Waals surface area contributed by atoms with Crippen LogP contribution in [0.1, 0.15) is 52.2 Å². The number of pyridine rings is 1. The van der Waals surface area contributed by atoms with Gasteiger partial charge in [0.25, 0.3) is 11.8 Å². The van der Waals surface area contributed by atoms with E-state index >= 15 is 0 Å². The average molecular weight is 351 g/mol. The Hall–Kier alpha value is -2.69. The largest absolute Gasteiger partial charge is 0.352 e. The lowest BCUT2D eigenvalue weighted by atomic mass is 9.99. The smallest absolute Gasteiger partial charge is 0.272 e. The van der Waals surface area contributed by atoms with E-state index in [2.05, 4.69) is 36.3 Å². The molecule has 0 radical (unpaired) electrons. The van der Waals surface area contributed by atoms with E-state index in [1.807, 2.05) is 12.1 Å². The predicted octanol–water partition coefficient (Wildman–Crippen LogP) is 3.06. The minimum absolute atomic E-state index is 0.128. The Morgan fingerprint density at radius 2 is 1.96 bits per heavy atom. The molecule has 1 aliphatic rings. The Bertz CT molecular complexity index is 801. The highest BCUT2D eigenvalue weighted by Crippen LogP contribution is 2.20. The summed E-state index contributed by atoms with van der Waals surface area (Å²) in [7, 11) is 0. The molecule has 3 rings (SSSR count). The number of rotatable bonds is 5. The molecule has 0 unspecified atom stereocenters. The Labute approximate surface area is 154 Å². The molecule has 0 spiro atoms. The molecule has 1 aromatic carbocycles. The Balaban J connectivity index is 1.68. The first-order valence-electron chi connectivity index (χ1n) is 9.15. The fourth-order valence-corrected chi connectivity index (χ4v) is 3.10. The Kier molecular flexibility index (Phi) is 5.66. The van der Waals surface area contributed by atoms with Gasteiger partial charge in [0, 0.05) is 31.4 Å². The summed E-state index contributed by atoms with van der Waals surface area (Å²) in [4.78, 5) is 31.1. The van der Waals surface area contributed by atoms with Gasteiger partial charge in [-0.3, -0.25) is 14.6 Å². The van der Waals surface area contributed by atoms with Gasteiger partial charge in [-0.15, -0.1) is 0 Å². The van der Waals surface area contributed by atoms with Crippen molar-refractivity contribution < 1.29 is 9.59 Å². The molecule has 0 atom stereocenters. The molecule has 0 saturated carbocycles. The third-order valence-corrected chi connectivity index (χ3v) is 4.67. The van der Waals surface area contributed by atoms with Gasteiger partial charge >= 0.3 is 0 Å². The van der Waals surface area contributed by atoms with E-state index in [9.17, 15) is 9.59 Å². The molecule has 1 aromatic heterocycles. The minimum atomic E-state index is -0.161. The van der Waals surface area contributed by atoms with E-state index in [0.717, 1.165) is 12.8 Å². The van der Waals surface area contributed by atoms with Crippen LogP contribution in [0, 0.1) is 5.92 Å². The molecule has 136 valence electrons. The molecule has 1 aliphatic heterocycles. The molecule has 2 aromatic rings. The zero-order valence-corrected chi connectivity index (χ0v) is 15.4. The Morgan fingerprint density at radius 3 is 2.73 bits per heavy atom. The van der Waals surface area contributed by atoms with E-state index in [0.29, 0.717) is 36.8 Å². The normalized spacial score (nSPS) is 13.4. The van der Waals surface area contributed by atoms with Crippen LogP contribution in [-0.2, 0) is 13.0 Å². The molecule has 0 fully saturated rings. The predicted molar refractivity (Wildman–Crippen MR) is 101 cm³/mol. The van der Waals surface area contributed by atoms with Gasteiger partial charge in [0.05, 0.1) is 0 Å². The zero-order chi connectivity index (χ0) is 18.5. The number of nitrogens with zero attached hydrogens (tertiary/aromatic N) is 2. The number of carbonyl (C=O) groups excluding carboxylic acids is 2. The average Bonchev–Trinajstić information content (AvgIpc) is 2.66. The lowest BCUT2D eigenvalue weighted by molar-refractivity contribution is 0.0728. The standard InChI is InChI=1S/C21H25N3O2/c1-15(2)7-10-23-20(25)17-8-11-22-19(13-17)21(26)24-12-9-16-5-3-4-6-18(16)14-24/h3-6,8,11,13,15H,7,9-10,12,14H2,1-2H3,(H,23,25). The van der Waals surface area contributed by atoms with Crippen molar-refractivity contribution in [1.29, 1.82) is 0 Å². The molecular formula is C21H25N3O2. The van der Waals surface area contributed by atoms with Crippen LogP contribution in [-0.4, -0.2) is 34.8 Å². The summed E-state index contributed by atoms with van der Waals surface area (Å²) in [5.41, 5.74) is 3.27. The van der Waals surface area contributed by atoms with Crippen LogP contribution in [0.3, 0.4) is 0 Å². The number of fused-ring (bicyclic) bond motifs is 1. The Morgan fingerprint density at radius 1 is 1.19 bits per heavy atom. The van der Waals surface area contributed by atoms with Gasteiger partial charge < -0.3 is 10.2 Å². The molecule has 0 bridgehead atoms. The number of aromatic nitrogens is 1. The van der Waals surface area contributed by atoms with E-state index in [1.165, 1.54) is 17.3 Å². The number of hydrogen-bond donors (Lipinski definition) is 1. The highest BCUT2D eigenvalue weighted by atomic mass is 16.2. The summed E-state index contributed by atoms with van der Waals surface area (Å²) < 4.78 is 0. The number of carbonyl (C=O) groups is 2. The van der Waals surface area contributed by atoms with Gasteiger partial charge in [-0.05, 0) is 42.0 Å². The van der Waals surface area contributed by atoms with Crippen molar-refractivity contribution in [2.24, 2.45) is 5.92 Å². The summed E-state index contributed by atoms with van der Waals surface area (Å²) in [6, 6.07) is 11.4. The minimum Gasteiger partial charge on any atom is -0.352 e. The van der Waals surface area contributed by atoms with E-state index in [4.69, 9.17) is 0 Å². The van der Waals surface area contributed by atoms with Crippen molar-refractivity contribution in [2.75, 3.05) is 13.1 Å². The van der Waals surface area contributed by atoms with Crippen molar-refractivity contribution in [1.82, 2.24) is 15.2 Å². The SMILES string of the molecule is CC(C)CCNC(=O)c1ccnc(C(=O)N2CCc3ccccc3C2)c1. The van der Waals surface area contributed by atoms with Crippen LogP contribution in [0.5, 0.6) is 0 Å². The van der Waals surface area contributed by atoms with Crippen LogP contribution < -0.4 is 5.32 Å². The molecule has 1 N–H and O–H groups in total. The molecule has 0 saturated heterocycles. The second-order valence-electron chi connectivity index (χ2n) is 7.11. The van der Waals surface area contributed by atoms with Gasteiger partial charge in [0.1, 0.15) is 5.69 Å². The summed E-state index contributed by atoms with van der Waals surface area (Å²) in [6.07, 6.45) is 3.30. The van der Waals surface area contributed by atoms with Crippen molar-refractivity contribution in [2.45, 2.75) is 33.2 Å². The van der Waals surface area contributed by atoms with Gasteiger partial charge in [-0.1, -0.05) is 38.1 Å². The molecule has 5 nitrogen and oxygen atoms in total. The van der Waals surface area contributed by atoms with Gasteiger partial charge in [-0.2, -0.15) is 0 Å². The zero-order valence-electron chi connectivity index (χ0n) is 15.4. The van der Waals surface area contributed by atoms with Crippen molar-refractivity contribution in [3.05, 3.63) is 65.0 Å². The second-order valence-corrected chi connectivity index (χ2v) is 7.11. The maximum atomic E-state index is 12.8. The van der Waals surface area contributed by atoms with Crippen LogP contribution in [0.4, 0.5) is 0 Å². The summed E-state index contributed by atoms with van der Waals surface area (Å²) in [5, 5.41) is 2.90. The van der Waals surface area contributed by atoms with Crippen molar-refractivity contribution in [3.8, 4) is 0 Å². The number of nitrogens with one attached hydrogen (secondary N) is 1. The molecular weight excluding hydrogens is 326 g/mol. The van der Waals surface area contributed by atoms with E-state index < -0.39 is 0 Å². The van der Waals surface area contributed by atoms with Gasteiger partial charge in [0.15, 0.2) is 0 Å². The fraction of sp³-hybridized carbons (Fsp3) is 0.381. The lowest BCUT2D eigenvalue weighted by Crippen LogP contribution is -2.36. The van der Waals surface area contributed by atoms with Gasteiger partial charge in [0.2, 0.25) is 0 Å². The van der Waals surface area contributed by atoms with Crippen molar-refractivity contribution >= 4 is 11.8 Å². The topological polar surface area (TPSA) is 62.3 Å². The second kappa shape index (κ2) is 8.13. The summed E-state index contributed by atoms with van der Waals surface area (Å²) in [6.45, 7) is 6.12. The third-order valence-electron chi connectivity index (χ3n) is 4.67. The summed E-state index contributed by atoms with van der Waals surface area (Å²) >= 11 is 0.